The van der Waals surface area contributed by atoms with Crippen molar-refractivity contribution in [3.8, 4) is 0 Å². The maximum Gasteiger partial charge on any atom is 0.303 e. The van der Waals surface area contributed by atoms with Crippen LogP contribution in [-0.4, -0.2) is 39.4 Å². The third-order valence-corrected chi connectivity index (χ3v) is 6.12. The predicted octanol–water partition coefficient (Wildman–Crippen LogP) is 4.23. The van der Waals surface area contributed by atoms with E-state index < -0.39 is 12.1 Å². The van der Waals surface area contributed by atoms with Crippen molar-refractivity contribution < 1.29 is 20.1 Å². The Balaban J connectivity index is 2.04. The molecule has 150 valence electrons. The normalized spacial score (nSPS) is 26.0. The van der Waals surface area contributed by atoms with Crippen LogP contribution in [0.5, 0.6) is 0 Å². The lowest BCUT2D eigenvalue weighted by Gasteiger charge is -2.26. The van der Waals surface area contributed by atoms with Crippen LogP contribution in [-0.2, 0) is 10.2 Å². The Morgan fingerprint density at radius 1 is 1.26 bits per heavy atom. The lowest BCUT2D eigenvalue weighted by Crippen LogP contribution is -2.22. The van der Waals surface area contributed by atoms with E-state index in [1.807, 2.05) is 44.2 Å². The molecule has 0 aromatic heterocycles. The van der Waals surface area contributed by atoms with Gasteiger partial charge in [0.25, 0.3) is 0 Å². The molecule has 0 amide bonds. The van der Waals surface area contributed by atoms with Crippen molar-refractivity contribution in [1.29, 1.82) is 0 Å². The number of unbranched alkanes of at least 4 members (excludes halogenated alkanes) is 1. The van der Waals surface area contributed by atoms with Gasteiger partial charge in [0, 0.05) is 23.1 Å². The first-order valence-corrected chi connectivity index (χ1v) is 10.1. The Labute approximate surface area is 166 Å². The summed E-state index contributed by atoms with van der Waals surface area (Å²) in [5, 5.41) is 28.7. The van der Waals surface area contributed by atoms with Crippen molar-refractivity contribution in [2.75, 3.05) is 6.61 Å². The van der Waals surface area contributed by atoms with Crippen LogP contribution in [0.2, 0.25) is 0 Å². The monoisotopic (exact) mass is 394 g/mol. The molecule has 4 atom stereocenters. The standard InChI is InChI=1S/C22H31ClO4/c1-22(2,14-24)16-11-9-15(10-12-16)21-17(18(23)13-19(21)25)7-5-3-4-6-8-20(26)27/h3,5,9-12,17-19,21,24-25H,4,6-8,13-14H2,1-2H3,(H,26,27)/b5-3-/t17-,18-,19+,21+/m0/s1. The highest BCUT2D eigenvalue weighted by Crippen LogP contribution is 2.45. The molecule has 0 bridgehead atoms. The third kappa shape index (κ3) is 5.81. The number of aliphatic hydroxyl groups excluding tert-OH is 2. The quantitative estimate of drug-likeness (QED) is 0.332. The molecule has 0 spiro atoms. The van der Waals surface area contributed by atoms with Crippen LogP contribution in [0.25, 0.3) is 0 Å². The Hall–Kier alpha value is -1.36. The molecule has 4 nitrogen and oxygen atoms in total. The molecule has 2 rings (SSSR count). The molecule has 0 radical (unpaired) electrons. The van der Waals surface area contributed by atoms with E-state index in [0.717, 1.165) is 24.0 Å². The molecule has 0 saturated heterocycles. The van der Waals surface area contributed by atoms with E-state index in [-0.39, 0.29) is 35.7 Å². The summed E-state index contributed by atoms with van der Waals surface area (Å²) in [7, 11) is 0. The van der Waals surface area contributed by atoms with Crippen LogP contribution in [0, 0.1) is 5.92 Å². The molecule has 5 heteroatoms. The molecule has 1 saturated carbocycles. The van der Waals surface area contributed by atoms with E-state index in [1.165, 1.54) is 0 Å². The zero-order valence-corrected chi connectivity index (χ0v) is 16.9. The summed E-state index contributed by atoms with van der Waals surface area (Å²) in [4.78, 5) is 10.5. The number of rotatable bonds is 9. The number of hydrogen-bond donors (Lipinski definition) is 3. The first kappa shape index (κ1) is 21.9. The number of benzene rings is 1. The largest absolute Gasteiger partial charge is 0.481 e. The van der Waals surface area contributed by atoms with Gasteiger partial charge in [-0.15, -0.1) is 11.6 Å². The number of carboxylic acids is 1. The summed E-state index contributed by atoms with van der Waals surface area (Å²) in [6.07, 6.45) is 6.52. The zero-order chi connectivity index (χ0) is 20.0. The van der Waals surface area contributed by atoms with Gasteiger partial charge in [-0.2, -0.15) is 0 Å². The number of halogens is 1. The molecular formula is C22H31ClO4. The van der Waals surface area contributed by atoms with Crippen molar-refractivity contribution in [2.24, 2.45) is 5.92 Å². The second-order valence-electron chi connectivity index (χ2n) is 8.17. The van der Waals surface area contributed by atoms with Gasteiger partial charge in [0.05, 0.1) is 12.7 Å². The number of aliphatic carboxylic acids is 1. The van der Waals surface area contributed by atoms with E-state index in [2.05, 4.69) is 6.08 Å². The third-order valence-electron chi connectivity index (χ3n) is 5.62. The van der Waals surface area contributed by atoms with Gasteiger partial charge >= 0.3 is 5.97 Å². The molecule has 1 aromatic carbocycles. The number of aliphatic hydroxyl groups is 2. The van der Waals surface area contributed by atoms with Crippen molar-refractivity contribution in [1.82, 2.24) is 0 Å². The molecule has 3 N–H and O–H groups in total. The van der Waals surface area contributed by atoms with Gasteiger partial charge in [-0.1, -0.05) is 50.3 Å². The molecule has 1 aliphatic carbocycles. The van der Waals surface area contributed by atoms with Gasteiger partial charge < -0.3 is 15.3 Å². The van der Waals surface area contributed by atoms with Crippen LogP contribution < -0.4 is 0 Å². The Kier molecular flexibility index (Phi) is 7.90. The second kappa shape index (κ2) is 9.72. The molecule has 1 fully saturated rings. The Morgan fingerprint density at radius 3 is 2.52 bits per heavy atom. The zero-order valence-electron chi connectivity index (χ0n) is 16.1. The van der Waals surface area contributed by atoms with Crippen molar-refractivity contribution >= 4 is 17.6 Å². The highest BCUT2D eigenvalue weighted by atomic mass is 35.5. The highest BCUT2D eigenvalue weighted by molar-refractivity contribution is 6.21. The molecule has 1 aliphatic rings. The minimum Gasteiger partial charge on any atom is -0.481 e. The summed E-state index contributed by atoms with van der Waals surface area (Å²) in [6, 6.07) is 8.13. The first-order chi connectivity index (χ1) is 12.8. The minimum absolute atomic E-state index is 0.0116. The molecule has 27 heavy (non-hydrogen) atoms. The molecule has 0 heterocycles. The topological polar surface area (TPSA) is 77.8 Å². The van der Waals surface area contributed by atoms with E-state index in [4.69, 9.17) is 16.7 Å². The SMILES string of the molecule is CC(C)(CO)c1ccc([C@@H]2[C@@H](C/C=C\CCCC(=O)O)[C@@H](Cl)C[C@H]2O)cc1. The lowest BCUT2D eigenvalue weighted by atomic mass is 9.81. The fraction of sp³-hybridized carbons (Fsp3) is 0.591. The molecule has 0 aliphatic heterocycles. The smallest absolute Gasteiger partial charge is 0.303 e. The average molecular weight is 395 g/mol. The lowest BCUT2D eigenvalue weighted by molar-refractivity contribution is -0.137. The summed E-state index contributed by atoms with van der Waals surface area (Å²) in [6.45, 7) is 4.08. The van der Waals surface area contributed by atoms with Crippen molar-refractivity contribution in [3.63, 3.8) is 0 Å². The van der Waals surface area contributed by atoms with E-state index in [9.17, 15) is 15.0 Å². The minimum atomic E-state index is -0.768. The summed E-state index contributed by atoms with van der Waals surface area (Å²) < 4.78 is 0. The maximum atomic E-state index is 10.5. The number of carbonyl (C=O) groups is 1. The molecular weight excluding hydrogens is 364 g/mol. The first-order valence-electron chi connectivity index (χ1n) is 9.66. The number of allylic oxidation sites excluding steroid dienone is 2. The fourth-order valence-corrected chi connectivity index (χ4v) is 4.26. The van der Waals surface area contributed by atoms with Crippen LogP contribution in [0.3, 0.4) is 0 Å². The van der Waals surface area contributed by atoms with Crippen LogP contribution in [0.15, 0.2) is 36.4 Å². The van der Waals surface area contributed by atoms with Crippen LogP contribution in [0.1, 0.15) is 63.0 Å². The fourth-order valence-electron chi connectivity index (χ4n) is 3.82. The molecule has 0 unspecified atom stereocenters. The van der Waals surface area contributed by atoms with Crippen molar-refractivity contribution in [3.05, 3.63) is 47.5 Å². The second-order valence-corrected chi connectivity index (χ2v) is 8.73. The Morgan fingerprint density at radius 2 is 1.93 bits per heavy atom. The van der Waals surface area contributed by atoms with Crippen LogP contribution >= 0.6 is 11.6 Å². The van der Waals surface area contributed by atoms with E-state index in [1.54, 1.807) is 0 Å². The van der Waals surface area contributed by atoms with Gasteiger partial charge in [0.2, 0.25) is 0 Å². The van der Waals surface area contributed by atoms with Gasteiger partial charge in [-0.25, -0.2) is 0 Å². The number of carboxylic acid groups (broad SMARTS) is 1. The average Bonchev–Trinajstić information content (AvgIpc) is 2.91. The van der Waals surface area contributed by atoms with Gasteiger partial charge in [-0.05, 0) is 42.7 Å². The van der Waals surface area contributed by atoms with Gasteiger partial charge in [0.15, 0.2) is 0 Å². The highest BCUT2D eigenvalue weighted by Gasteiger charge is 2.41. The number of alkyl halides is 1. The predicted molar refractivity (Wildman–Crippen MR) is 108 cm³/mol. The summed E-state index contributed by atoms with van der Waals surface area (Å²) >= 11 is 6.52. The summed E-state index contributed by atoms with van der Waals surface area (Å²) in [5.74, 6) is -0.632. The number of hydrogen-bond acceptors (Lipinski definition) is 3. The van der Waals surface area contributed by atoms with Gasteiger partial charge in [-0.3, -0.25) is 4.79 Å². The summed E-state index contributed by atoms with van der Waals surface area (Å²) in [5.41, 5.74) is 1.85. The maximum absolute atomic E-state index is 10.5. The van der Waals surface area contributed by atoms with E-state index >= 15 is 0 Å². The molecule has 1 aromatic rings. The Bertz CT molecular complexity index is 638. The van der Waals surface area contributed by atoms with Crippen molar-refractivity contribution in [2.45, 2.75) is 68.8 Å². The van der Waals surface area contributed by atoms with Crippen LogP contribution in [0.4, 0.5) is 0 Å². The van der Waals surface area contributed by atoms with Gasteiger partial charge in [0.1, 0.15) is 0 Å². The van der Waals surface area contributed by atoms with E-state index in [0.29, 0.717) is 12.8 Å².